The maximum Gasteiger partial charge on any atom is 0.248 e. The molecule has 0 fully saturated rings. The summed E-state index contributed by atoms with van der Waals surface area (Å²) in [5.41, 5.74) is 6.28. The van der Waals surface area contributed by atoms with Gasteiger partial charge in [-0.15, -0.1) is 0 Å². The lowest BCUT2D eigenvalue weighted by Crippen LogP contribution is -2.10. The Morgan fingerprint density at radius 3 is 2.57 bits per heavy atom. The van der Waals surface area contributed by atoms with Crippen molar-refractivity contribution >= 4 is 23.4 Å². The molecule has 0 spiro atoms. The van der Waals surface area contributed by atoms with Gasteiger partial charge >= 0.3 is 0 Å². The molecule has 0 aliphatic carbocycles. The summed E-state index contributed by atoms with van der Waals surface area (Å²) in [4.78, 5) is 11.7. The van der Waals surface area contributed by atoms with E-state index in [1.165, 1.54) is 13.2 Å². The van der Waals surface area contributed by atoms with Gasteiger partial charge in [0.2, 0.25) is 5.91 Å². The van der Waals surface area contributed by atoms with E-state index in [2.05, 4.69) is 5.32 Å². The number of anilines is 2. The summed E-state index contributed by atoms with van der Waals surface area (Å²) >= 11 is 0. The van der Waals surface area contributed by atoms with Gasteiger partial charge in [-0.3, -0.25) is 4.79 Å². The summed E-state index contributed by atoms with van der Waals surface area (Å²) < 4.78 is 44.3. The predicted octanol–water partition coefficient (Wildman–Crippen LogP) is 3.35. The predicted molar refractivity (Wildman–Crippen MR) is 81.4 cm³/mol. The number of benzene rings is 2. The number of halogens is 3. The third-order valence-electron chi connectivity index (χ3n) is 2.97. The molecule has 0 saturated carbocycles. The molecule has 0 unspecified atom stereocenters. The van der Waals surface area contributed by atoms with Crippen LogP contribution in [0.4, 0.5) is 24.5 Å². The highest BCUT2D eigenvalue weighted by atomic mass is 19.2. The van der Waals surface area contributed by atoms with Crippen LogP contribution >= 0.6 is 0 Å². The number of nitrogens with two attached hydrogens (primary N) is 1. The minimum absolute atomic E-state index is 0.390. The average Bonchev–Trinajstić information content (AvgIpc) is 2.53. The summed E-state index contributed by atoms with van der Waals surface area (Å²) in [6.45, 7) is 0. The summed E-state index contributed by atoms with van der Waals surface area (Å²) in [5, 5.41) is 2.12. The number of hydrogen-bond acceptors (Lipinski definition) is 3. The van der Waals surface area contributed by atoms with E-state index in [4.69, 9.17) is 10.5 Å². The zero-order valence-electron chi connectivity index (χ0n) is 12.1. The molecule has 3 N–H and O–H groups in total. The number of nitrogens with one attached hydrogen (secondary N) is 1. The molecular weight excluding hydrogens is 309 g/mol. The van der Waals surface area contributed by atoms with Crippen LogP contribution in [0.3, 0.4) is 0 Å². The first-order valence-corrected chi connectivity index (χ1v) is 6.48. The Kier molecular flexibility index (Phi) is 4.90. The molecule has 0 aliphatic rings. The maximum atomic E-state index is 13.4. The van der Waals surface area contributed by atoms with Crippen molar-refractivity contribution < 1.29 is 22.7 Å². The second-order valence-corrected chi connectivity index (χ2v) is 4.55. The summed E-state index contributed by atoms with van der Waals surface area (Å²) in [6, 6.07) is 6.53. The van der Waals surface area contributed by atoms with Gasteiger partial charge in [0.15, 0.2) is 17.5 Å². The molecule has 0 saturated heterocycles. The topological polar surface area (TPSA) is 64.3 Å². The lowest BCUT2D eigenvalue weighted by molar-refractivity contribution is -0.111. The molecule has 23 heavy (non-hydrogen) atoms. The van der Waals surface area contributed by atoms with E-state index in [9.17, 15) is 18.0 Å². The van der Waals surface area contributed by atoms with Crippen LogP contribution in [-0.4, -0.2) is 13.0 Å². The van der Waals surface area contributed by atoms with Crippen LogP contribution in [0.15, 0.2) is 36.4 Å². The van der Waals surface area contributed by atoms with Crippen molar-refractivity contribution in [2.45, 2.75) is 0 Å². The molecule has 1 amide bonds. The maximum absolute atomic E-state index is 13.4. The Bertz CT molecular complexity index is 776. The number of amides is 1. The first-order valence-electron chi connectivity index (χ1n) is 6.48. The van der Waals surface area contributed by atoms with E-state index in [-0.39, 0.29) is 0 Å². The molecular formula is C16H13F3N2O2. The van der Waals surface area contributed by atoms with Crippen LogP contribution < -0.4 is 15.8 Å². The molecule has 4 nitrogen and oxygen atoms in total. The van der Waals surface area contributed by atoms with Crippen LogP contribution in [0, 0.1) is 17.5 Å². The highest BCUT2D eigenvalue weighted by molar-refractivity contribution is 6.02. The highest BCUT2D eigenvalue weighted by Crippen LogP contribution is 2.23. The van der Waals surface area contributed by atoms with Crippen molar-refractivity contribution in [1.29, 1.82) is 0 Å². The molecule has 2 aromatic rings. The minimum atomic E-state index is -1.64. The lowest BCUT2D eigenvalue weighted by atomic mass is 10.1. The number of carbonyl (C=O) groups excluding carboxylic acids is 1. The zero-order chi connectivity index (χ0) is 17.0. The van der Waals surface area contributed by atoms with Gasteiger partial charge in [-0.1, -0.05) is 6.07 Å². The number of methoxy groups -OCH3 is 1. The smallest absolute Gasteiger partial charge is 0.248 e. The first-order chi connectivity index (χ1) is 10.9. The molecule has 0 bridgehead atoms. The van der Waals surface area contributed by atoms with Crippen LogP contribution in [0.1, 0.15) is 5.56 Å². The van der Waals surface area contributed by atoms with E-state index < -0.39 is 29.0 Å². The Morgan fingerprint density at radius 2 is 1.91 bits per heavy atom. The fourth-order valence-electron chi connectivity index (χ4n) is 1.83. The molecule has 0 aromatic heterocycles. The summed E-state index contributed by atoms with van der Waals surface area (Å²) in [7, 11) is 1.48. The van der Waals surface area contributed by atoms with Crippen LogP contribution in [0.25, 0.3) is 6.08 Å². The van der Waals surface area contributed by atoms with Gasteiger partial charge in [0.25, 0.3) is 0 Å². The van der Waals surface area contributed by atoms with Crippen molar-refractivity contribution in [2.24, 2.45) is 0 Å². The van der Waals surface area contributed by atoms with Gasteiger partial charge in [-0.05, 0) is 35.9 Å². The molecule has 2 rings (SSSR count). The van der Waals surface area contributed by atoms with Gasteiger partial charge in [0.05, 0.1) is 18.5 Å². The Labute approximate surface area is 130 Å². The fraction of sp³-hybridized carbons (Fsp3) is 0.0625. The van der Waals surface area contributed by atoms with Gasteiger partial charge in [0, 0.05) is 6.08 Å². The van der Waals surface area contributed by atoms with E-state index in [1.807, 2.05) is 0 Å². The number of nitrogen functional groups attached to an aromatic ring is 1. The number of hydrogen-bond donors (Lipinski definition) is 2. The molecule has 0 atom stereocenters. The molecule has 0 radical (unpaired) electrons. The van der Waals surface area contributed by atoms with Crippen molar-refractivity contribution in [3.63, 3.8) is 0 Å². The number of rotatable bonds is 4. The van der Waals surface area contributed by atoms with E-state index >= 15 is 0 Å². The normalized spacial score (nSPS) is 10.8. The van der Waals surface area contributed by atoms with Crippen LogP contribution in [0.5, 0.6) is 5.75 Å². The molecule has 2 aromatic carbocycles. The number of ether oxygens (including phenoxy) is 1. The van der Waals surface area contributed by atoms with Crippen LogP contribution in [0.2, 0.25) is 0 Å². The Morgan fingerprint density at radius 1 is 1.17 bits per heavy atom. The van der Waals surface area contributed by atoms with Gasteiger partial charge in [0.1, 0.15) is 5.75 Å². The van der Waals surface area contributed by atoms with Crippen LogP contribution in [-0.2, 0) is 4.79 Å². The average molecular weight is 322 g/mol. The van der Waals surface area contributed by atoms with Crippen molar-refractivity contribution in [3.05, 3.63) is 59.4 Å². The Hall–Kier alpha value is -2.96. The van der Waals surface area contributed by atoms with Gasteiger partial charge < -0.3 is 15.8 Å². The SMILES string of the molecule is COc1ccc(/C=C\C(=O)Nc2ccc(F)c(F)c2F)cc1N. The summed E-state index contributed by atoms with van der Waals surface area (Å²) in [5.74, 6) is -4.64. The first kappa shape index (κ1) is 16.4. The van der Waals surface area contributed by atoms with Crippen molar-refractivity contribution in [1.82, 2.24) is 0 Å². The molecule has 0 heterocycles. The van der Waals surface area contributed by atoms with E-state index in [0.717, 1.165) is 18.2 Å². The van der Waals surface area contributed by atoms with E-state index in [1.54, 1.807) is 18.2 Å². The Balaban J connectivity index is 2.10. The van der Waals surface area contributed by atoms with E-state index in [0.29, 0.717) is 17.0 Å². The monoisotopic (exact) mass is 322 g/mol. The highest BCUT2D eigenvalue weighted by Gasteiger charge is 2.14. The minimum Gasteiger partial charge on any atom is -0.495 e. The standard InChI is InChI=1S/C16H13F3N2O2/c1-23-13-6-2-9(8-11(13)20)3-7-14(22)21-12-5-4-10(17)15(18)16(12)19/h2-8H,20H2,1H3,(H,21,22)/b7-3-. The van der Waals surface area contributed by atoms with Gasteiger partial charge in [-0.25, -0.2) is 13.2 Å². The lowest BCUT2D eigenvalue weighted by Gasteiger charge is -2.06. The van der Waals surface area contributed by atoms with Crippen molar-refractivity contribution in [3.8, 4) is 5.75 Å². The largest absolute Gasteiger partial charge is 0.495 e. The fourth-order valence-corrected chi connectivity index (χ4v) is 1.83. The zero-order valence-corrected chi connectivity index (χ0v) is 12.1. The summed E-state index contributed by atoms with van der Waals surface area (Å²) in [6.07, 6.45) is 2.55. The second-order valence-electron chi connectivity index (χ2n) is 4.55. The molecule has 120 valence electrons. The molecule has 0 aliphatic heterocycles. The third kappa shape index (κ3) is 3.82. The second kappa shape index (κ2) is 6.87. The molecule has 7 heteroatoms. The van der Waals surface area contributed by atoms with Crippen molar-refractivity contribution in [2.75, 3.05) is 18.2 Å². The quantitative estimate of drug-likeness (QED) is 0.515. The number of carbonyl (C=O) groups is 1. The van der Waals surface area contributed by atoms with Gasteiger partial charge in [-0.2, -0.15) is 0 Å². The third-order valence-corrected chi connectivity index (χ3v) is 2.97.